The average Bonchev–Trinajstić information content (AvgIpc) is 2.89. The third-order valence-corrected chi connectivity index (χ3v) is 6.43. The van der Waals surface area contributed by atoms with E-state index in [0.29, 0.717) is 24.6 Å². The number of piperazine rings is 1. The zero-order chi connectivity index (χ0) is 28.0. The van der Waals surface area contributed by atoms with Gasteiger partial charge in [-0.25, -0.2) is 4.98 Å². The number of hydrogen-bond acceptors (Lipinski definition) is 6. The summed E-state index contributed by atoms with van der Waals surface area (Å²) >= 11 is 0. The summed E-state index contributed by atoms with van der Waals surface area (Å²) in [5.41, 5.74) is 1.98. The lowest BCUT2D eigenvalue weighted by atomic mass is 10.0. The Hall–Kier alpha value is -3.96. The number of hydrogen-bond donors (Lipinski definition) is 3. The fraction of sp³-hybridized carbons (Fsp3) is 0.321. The van der Waals surface area contributed by atoms with Gasteiger partial charge in [-0.05, 0) is 54.6 Å². The summed E-state index contributed by atoms with van der Waals surface area (Å²) in [6.07, 6.45) is -2.88. The number of benzene rings is 2. The van der Waals surface area contributed by atoms with Crippen molar-refractivity contribution in [3.63, 3.8) is 0 Å². The highest BCUT2D eigenvalue weighted by atomic mass is 19.4. The van der Waals surface area contributed by atoms with Crippen LogP contribution in [-0.2, 0) is 22.3 Å². The SMILES string of the molecule is CC(=O)Nc1ccc(-c2ccc(NCC(=O)Nc3ccc(CN4CCN(C)CC4)c(C(F)(F)F)c3)cc2)cn1. The maximum Gasteiger partial charge on any atom is 0.416 e. The smallest absolute Gasteiger partial charge is 0.376 e. The number of halogens is 3. The summed E-state index contributed by atoms with van der Waals surface area (Å²) in [6, 6.07) is 14.8. The van der Waals surface area contributed by atoms with Gasteiger partial charge >= 0.3 is 6.18 Å². The molecule has 39 heavy (non-hydrogen) atoms. The molecule has 1 saturated heterocycles. The lowest BCUT2D eigenvalue weighted by Gasteiger charge is -2.33. The molecule has 3 aromatic rings. The van der Waals surface area contributed by atoms with Crippen molar-refractivity contribution in [2.75, 3.05) is 55.7 Å². The minimum Gasteiger partial charge on any atom is -0.376 e. The van der Waals surface area contributed by atoms with Crippen LogP contribution in [0.25, 0.3) is 11.1 Å². The molecule has 1 aromatic heterocycles. The zero-order valence-electron chi connectivity index (χ0n) is 21.8. The van der Waals surface area contributed by atoms with Gasteiger partial charge in [0.05, 0.1) is 12.1 Å². The van der Waals surface area contributed by atoms with Crippen LogP contribution >= 0.6 is 0 Å². The first-order valence-electron chi connectivity index (χ1n) is 12.6. The number of anilines is 3. The number of nitrogens with zero attached hydrogens (tertiary/aromatic N) is 3. The maximum absolute atomic E-state index is 13.8. The Morgan fingerprint density at radius 2 is 1.56 bits per heavy atom. The van der Waals surface area contributed by atoms with E-state index in [1.165, 1.54) is 19.1 Å². The molecule has 0 aliphatic carbocycles. The van der Waals surface area contributed by atoms with Crippen molar-refractivity contribution in [1.29, 1.82) is 0 Å². The molecule has 0 saturated carbocycles. The van der Waals surface area contributed by atoms with E-state index < -0.39 is 17.6 Å². The Morgan fingerprint density at radius 3 is 2.18 bits per heavy atom. The predicted octanol–water partition coefficient (Wildman–Crippen LogP) is 4.52. The number of aromatic nitrogens is 1. The van der Waals surface area contributed by atoms with E-state index in [9.17, 15) is 22.8 Å². The second-order valence-corrected chi connectivity index (χ2v) is 9.54. The Kier molecular flexibility index (Phi) is 8.82. The number of carbonyl (C=O) groups is 2. The highest BCUT2D eigenvalue weighted by molar-refractivity contribution is 5.94. The molecule has 0 bridgehead atoms. The van der Waals surface area contributed by atoms with Crippen molar-refractivity contribution >= 4 is 29.0 Å². The summed E-state index contributed by atoms with van der Waals surface area (Å²) in [5.74, 6) is -0.201. The molecule has 3 N–H and O–H groups in total. The van der Waals surface area contributed by atoms with Gasteiger partial charge in [0.1, 0.15) is 5.82 Å². The second kappa shape index (κ2) is 12.3. The molecule has 206 valence electrons. The van der Waals surface area contributed by atoms with E-state index in [4.69, 9.17) is 0 Å². The standard InChI is InChI=1S/C28H31F3N6O2/c1-19(38)34-26-10-6-21(16-33-26)20-3-7-23(8-4-20)32-17-27(39)35-24-9-5-22(25(15-24)28(29,30)31)18-37-13-11-36(2)12-14-37/h3-10,15-16,32H,11-14,17-18H2,1-2H3,(H,35,39)(H,33,34,38). The third-order valence-electron chi connectivity index (χ3n) is 6.43. The fourth-order valence-corrected chi connectivity index (χ4v) is 4.29. The lowest BCUT2D eigenvalue weighted by Crippen LogP contribution is -2.44. The van der Waals surface area contributed by atoms with Crippen LogP contribution < -0.4 is 16.0 Å². The molecule has 1 aliphatic heterocycles. The first kappa shape index (κ1) is 28.1. The number of pyridine rings is 1. The number of rotatable bonds is 8. The summed E-state index contributed by atoms with van der Waals surface area (Å²) in [6.45, 7) is 4.56. The molecule has 8 nitrogen and oxygen atoms in total. The highest BCUT2D eigenvalue weighted by Crippen LogP contribution is 2.34. The molecule has 1 aliphatic rings. The topological polar surface area (TPSA) is 89.6 Å². The van der Waals surface area contributed by atoms with Gasteiger partial charge in [-0.3, -0.25) is 14.5 Å². The largest absolute Gasteiger partial charge is 0.416 e. The number of amides is 2. The van der Waals surface area contributed by atoms with Crippen molar-refractivity contribution < 1.29 is 22.8 Å². The molecule has 0 atom stereocenters. The van der Waals surface area contributed by atoms with Gasteiger partial charge in [0.2, 0.25) is 11.8 Å². The summed E-state index contributed by atoms with van der Waals surface area (Å²) in [7, 11) is 1.99. The maximum atomic E-state index is 13.8. The third kappa shape index (κ3) is 8.01. The molecule has 0 radical (unpaired) electrons. The normalized spacial score (nSPS) is 14.6. The minimum absolute atomic E-state index is 0.0989. The van der Waals surface area contributed by atoms with Crippen LogP contribution in [-0.4, -0.2) is 66.4 Å². The first-order chi connectivity index (χ1) is 18.6. The quantitative estimate of drug-likeness (QED) is 0.389. The van der Waals surface area contributed by atoms with E-state index in [0.717, 1.165) is 30.3 Å². The van der Waals surface area contributed by atoms with Crippen molar-refractivity contribution in [2.45, 2.75) is 19.6 Å². The summed E-state index contributed by atoms with van der Waals surface area (Å²) in [4.78, 5) is 32.0. The molecule has 11 heteroatoms. The fourth-order valence-electron chi connectivity index (χ4n) is 4.29. The number of nitrogens with one attached hydrogen (secondary N) is 3. The number of carbonyl (C=O) groups excluding carboxylic acids is 2. The first-order valence-corrected chi connectivity index (χ1v) is 12.6. The van der Waals surface area contributed by atoms with Crippen LogP contribution in [0.5, 0.6) is 0 Å². The monoisotopic (exact) mass is 540 g/mol. The molecule has 2 heterocycles. The zero-order valence-corrected chi connectivity index (χ0v) is 21.8. The molecule has 2 aromatic carbocycles. The van der Waals surface area contributed by atoms with E-state index >= 15 is 0 Å². The van der Waals surface area contributed by atoms with Gasteiger partial charge in [0.25, 0.3) is 0 Å². The second-order valence-electron chi connectivity index (χ2n) is 9.54. The molecular weight excluding hydrogens is 509 g/mol. The van der Waals surface area contributed by atoms with Gasteiger partial charge in [-0.2, -0.15) is 13.2 Å². The average molecular weight is 541 g/mol. The Balaban J connectivity index is 1.33. The van der Waals surface area contributed by atoms with Gasteiger partial charge < -0.3 is 20.9 Å². The highest BCUT2D eigenvalue weighted by Gasteiger charge is 2.34. The van der Waals surface area contributed by atoms with Gasteiger partial charge in [-0.1, -0.05) is 18.2 Å². The van der Waals surface area contributed by atoms with E-state index in [1.54, 1.807) is 24.4 Å². The number of likely N-dealkylation sites (N-methyl/N-ethyl adjacent to an activating group) is 1. The Morgan fingerprint density at radius 1 is 0.897 bits per heavy atom. The van der Waals surface area contributed by atoms with E-state index in [1.807, 2.05) is 30.1 Å². The number of alkyl halides is 3. The molecule has 0 unspecified atom stereocenters. The summed E-state index contributed by atoms with van der Waals surface area (Å²) in [5, 5.41) is 8.15. The van der Waals surface area contributed by atoms with Gasteiger partial charge in [0.15, 0.2) is 0 Å². The molecule has 0 spiro atoms. The van der Waals surface area contributed by atoms with Crippen molar-refractivity contribution in [3.05, 3.63) is 71.9 Å². The van der Waals surface area contributed by atoms with Crippen LogP contribution in [0.4, 0.5) is 30.4 Å². The van der Waals surface area contributed by atoms with Crippen LogP contribution in [0.1, 0.15) is 18.1 Å². The van der Waals surface area contributed by atoms with Crippen LogP contribution in [0, 0.1) is 0 Å². The Labute approximate surface area is 225 Å². The van der Waals surface area contributed by atoms with E-state index in [-0.39, 0.29) is 30.2 Å². The predicted molar refractivity (Wildman–Crippen MR) is 145 cm³/mol. The summed E-state index contributed by atoms with van der Waals surface area (Å²) < 4.78 is 41.4. The molecule has 2 amide bonds. The van der Waals surface area contributed by atoms with Crippen molar-refractivity contribution in [3.8, 4) is 11.1 Å². The van der Waals surface area contributed by atoms with E-state index in [2.05, 4.69) is 25.8 Å². The molecule has 1 fully saturated rings. The Bertz CT molecular complexity index is 1290. The molecular formula is C28H31F3N6O2. The van der Waals surface area contributed by atoms with Crippen LogP contribution in [0.15, 0.2) is 60.8 Å². The van der Waals surface area contributed by atoms with Crippen LogP contribution in [0.2, 0.25) is 0 Å². The molecule has 4 rings (SSSR count). The van der Waals surface area contributed by atoms with Crippen molar-refractivity contribution in [2.24, 2.45) is 0 Å². The van der Waals surface area contributed by atoms with Crippen LogP contribution in [0.3, 0.4) is 0 Å². The van der Waals surface area contributed by atoms with Gasteiger partial charge in [0, 0.05) is 62.8 Å². The van der Waals surface area contributed by atoms with Crippen molar-refractivity contribution in [1.82, 2.24) is 14.8 Å². The van der Waals surface area contributed by atoms with Gasteiger partial charge in [-0.15, -0.1) is 0 Å². The minimum atomic E-state index is -4.53. The lowest BCUT2D eigenvalue weighted by molar-refractivity contribution is -0.138.